The minimum atomic E-state index is -1.28. The van der Waals surface area contributed by atoms with Gasteiger partial charge in [0, 0.05) is 31.4 Å². The fourth-order valence-electron chi connectivity index (χ4n) is 3.78. The van der Waals surface area contributed by atoms with Crippen molar-refractivity contribution in [3.05, 3.63) is 53.1 Å². The van der Waals surface area contributed by atoms with E-state index in [0.29, 0.717) is 16.8 Å². The number of nitrogen functional groups attached to an aromatic ring is 1. The van der Waals surface area contributed by atoms with Crippen LogP contribution in [-0.2, 0) is 18.3 Å². The van der Waals surface area contributed by atoms with Crippen LogP contribution in [-0.4, -0.2) is 56.6 Å². The van der Waals surface area contributed by atoms with Crippen LogP contribution in [0.15, 0.2) is 30.5 Å². The molecule has 0 aliphatic carbocycles. The normalized spacial score (nSPS) is 12.1. The highest BCUT2D eigenvalue weighted by molar-refractivity contribution is 5.89. The van der Waals surface area contributed by atoms with Crippen molar-refractivity contribution in [2.75, 3.05) is 19.9 Å². The van der Waals surface area contributed by atoms with Gasteiger partial charge in [0.25, 0.3) is 0 Å². The highest BCUT2D eigenvalue weighted by atomic mass is 19.1. The monoisotopic (exact) mass is 529 g/mol. The molecule has 3 rings (SSSR count). The summed E-state index contributed by atoms with van der Waals surface area (Å²) in [6, 6.07) is 5.07. The summed E-state index contributed by atoms with van der Waals surface area (Å²) in [5.74, 6) is -1.43. The highest BCUT2D eigenvalue weighted by Gasteiger charge is 2.26. The van der Waals surface area contributed by atoms with Gasteiger partial charge < -0.3 is 30.0 Å². The fraction of sp³-hybridized carbons (Fsp3) is 0.385. The van der Waals surface area contributed by atoms with Crippen molar-refractivity contribution in [3.8, 4) is 22.8 Å². The lowest BCUT2D eigenvalue weighted by atomic mass is 10.0. The molecule has 1 amide bonds. The van der Waals surface area contributed by atoms with Crippen molar-refractivity contribution in [2.45, 2.75) is 45.9 Å². The smallest absolute Gasteiger partial charge is 0.410 e. The molecule has 0 aliphatic rings. The van der Waals surface area contributed by atoms with Crippen LogP contribution in [0.5, 0.6) is 11.6 Å². The molecule has 2 heterocycles. The Morgan fingerprint density at radius 3 is 2.55 bits per heavy atom. The van der Waals surface area contributed by atoms with Crippen LogP contribution in [0, 0.1) is 5.82 Å². The summed E-state index contributed by atoms with van der Waals surface area (Å²) in [7, 11) is 4.80. The number of hydrogen-bond acceptors (Lipinski definition) is 8. The molecule has 11 nitrogen and oxygen atoms in total. The number of halogens is 1. The molecule has 1 atom stereocenters. The third-order valence-corrected chi connectivity index (χ3v) is 5.58. The molecule has 0 fully saturated rings. The summed E-state index contributed by atoms with van der Waals surface area (Å²) in [4.78, 5) is 29.9. The van der Waals surface area contributed by atoms with Crippen LogP contribution in [0.25, 0.3) is 11.1 Å². The van der Waals surface area contributed by atoms with E-state index in [1.54, 1.807) is 52.5 Å². The van der Waals surface area contributed by atoms with Crippen molar-refractivity contribution in [2.24, 2.45) is 7.05 Å². The summed E-state index contributed by atoms with van der Waals surface area (Å²) in [6.45, 7) is 7.12. The summed E-state index contributed by atoms with van der Waals surface area (Å²) >= 11 is 0. The molecule has 1 unspecified atom stereocenters. The maximum Gasteiger partial charge on any atom is 0.410 e. The first-order valence-electron chi connectivity index (χ1n) is 11.7. The van der Waals surface area contributed by atoms with Crippen molar-refractivity contribution >= 4 is 17.9 Å². The first-order chi connectivity index (χ1) is 17.7. The summed E-state index contributed by atoms with van der Waals surface area (Å²) < 4.78 is 32.2. The second kappa shape index (κ2) is 11.0. The zero-order valence-electron chi connectivity index (χ0n) is 22.4. The van der Waals surface area contributed by atoms with E-state index in [9.17, 15) is 19.1 Å². The van der Waals surface area contributed by atoms with Gasteiger partial charge in [-0.1, -0.05) is 6.07 Å². The van der Waals surface area contributed by atoms with Gasteiger partial charge in [0.15, 0.2) is 11.6 Å². The molecule has 12 heteroatoms. The Hall–Kier alpha value is -4.35. The number of carboxylic acids is 1. The maximum absolute atomic E-state index is 13.6. The Labute approximate surface area is 219 Å². The van der Waals surface area contributed by atoms with Gasteiger partial charge in [-0.05, 0) is 45.9 Å². The van der Waals surface area contributed by atoms with Crippen molar-refractivity contribution in [1.29, 1.82) is 0 Å². The Morgan fingerprint density at radius 2 is 1.95 bits per heavy atom. The number of methoxy groups -OCH3 is 1. The van der Waals surface area contributed by atoms with Crippen LogP contribution in [0.3, 0.4) is 0 Å². The average Bonchev–Trinajstić information content (AvgIpc) is 3.14. The van der Waals surface area contributed by atoms with E-state index < -0.39 is 29.6 Å². The van der Waals surface area contributed by atoms with E-state index in [1.807, 2.05) is 0 Å². The van der Waals surface area contributed by atoms with E-state index in [-0.39, 0.29) is 35.1 Å². The quantitative estimate of drug-likeness (QED) is 0.434. The molecule has 0 saturated heterocycles. The first kappa shape index (κ1) is 28.2. The van der Waals surface area contributed by atoms with Gasteiger partial charge in [-0.15, -0.1) is 5.10 Å². The van der Waals surface area contributed by atoms with E-state index in [0.717, 1.165) is 12.1 Å². The van der Waals surface area contributed by atoms with Crippen LogP contribution < -0.4 is 15.2 Å². The van der Waals surface area contributed by atoms with E-state index in [2.05, 4.69) is 10.1 Å². The summed E-state index contributed by atoms with van der Waals surface area (Å²) in [5, 5.41) is 13.9. The lowest BCUT2D eigenvalue weighted by molar-refractivity contribution is 0.0281. The molecule has 0 saturated carbocycles. The molecule has 204 valence electrons. The third kappa shape index (κ3) is 6.31. The predicted molar refractivity (Wildman–Crippen MR) is 138 cm³/mol. The second-order valence-corrected chi connectivity index (χ2v) is 9.70. The number of aryl methyl sites for hydroxylation is 1. The van der Waals surface area contributed by atoms with E-state index >= 15 is 0 Å². The zero-order valence-corrected chi connectivity index (χ0v) is 22.4. The zero-order chi connectivity index (χ0) is 28.4. The number of aromatic carboxylic acids is 1. The fourth-order valence-corrected chi connectivity index (χ4v) is 3.78. The van der Waals surface area contributed by atoms with Gasteiger partial charge >= 0.3 is 12.1 Å². The number of anilines is 1. The molecule has 0 aliphatic heterocycles. The topological polar surface area (TPSA) is 142 Å². The van der Waals surface area contributed by atoms with Gasteiger partial charge in [0.05, 0.1) is 30.5 Å². The molecule has 38 heavy (non-hydrogen) atoms. The van der Waals surface area contributed by atoms with Crippen molar-refractivity contribution in [3.63, 3.8) is 0 Å². The molecular weight excluding hydrogens is 497 g/mol. The van der Waals surface area contributed by atoms with E-state index in [1.165, 1.54) is 24.3 Å². The number of carboxylic acid groups (broad SMARTS) is 1. The van der Waals surface area contributed by atoms with Crippen LogP contribution in [0.4, 0.5) is 15.0 Å². The number of ether oxygens (including phenoxy) is 3. The number of nitrogens with two attached hydrogens (primary N) is 1. The molecule has 3 N–H and O–H groups in total. The molecule has 1 aromatic carbocycles. The van der Waals surface area contributed by atoms with E-state index in [4.69, 9.17) is 19.9 Å². The minimum Gasteiger partial charge on any atom is -0.482 e. The van der Waals surface area contributed by atoms with Gasteiger partial charge in [-0.3, -0.25) is 4.68 Å². The van der Waals surface area contributed by atoms with Crippen LogP contribution >= 0.6 is 0 Å². The van der Waals surface area contributed by atoms with Gasteiger partial charge in [0.2, 0.25) is 5.88 Å². The number of carbonyl (C=O) groups excluding carboxylic acids is 1. The predicted octanol–water partition coefficient (Wildman–Crippen LogP) is 4.42. The number of rotatable bonds is 8. The Kier molecular flexibility index (Phi) is 8.13. The SMILES string of the molecule is COc1nn(C)c(CN(C)C(=O)OC(C)(C)C)c1-c1cnc(N)c(OC(C)c2ccc(F)cc2C(=O)O)c1. The number of aromatic nitrogens is 3. The number of nitrogens with zero attached hydrogens (tertiary/aromatic N) is 4. The standard InChI is InChI=1S/C26H32FN5O6/c1-14(17-9-8-16(27)11-18(17)24(33)34)37-20-10-15(12-29-22(20)28)21-19(32(6)30-23(21)36-7)13-31(5)25(35)38-26(2,3)4/h8-12,14H,13H2,1-7H3,(H2,28,29)(H,33,34). The largest absolute Gasteiger partial charge is 0.482 e. The summed E-state index contributed by atoms with van der Waals surface area (Å²) in [5.41, 5.74) is 7.19. The van der Waals surface area contributed by atoms with Gasteiger partial charge in [-0.2, -0.15) is 0 Å². The number of benzene rings is 1. The molecular formula is C26H32FN5O6. The molecule has 2 aromatic heterocycles. The van der Waals surface area contributed by atoms with Gasteiger partial charge in [-0.25, -0.2) is 19.0 Å². The number of hydrogen-bond donors (Lipinski definition) is 2. The molecule has 3 aromatic rings. The minimum absolute atomic E-state index is 0.0647. The average molecular weight is 530 g/mol. The van der Waals surface area contributed by atoms with Crippen LogP contribution in [0.1, 0.15) is 55.4 Å². The lowest BCUT2D eigenvalue weighted by Gasteiger charge is -2.25. The third-order valence-electron chi connectivity index (χ3n) is 5.58. The second-order valence-electron chi connectivity index (χ2n) is 9.70. The number of pyridine rings is 1. The lowest BCUT2D eigenvalue weighted by Crippen LogP contribution is -2.34. The number of amides is 1. The number of carbonyl (C=O) groups is 2. The highest BCUT2D eigenvalue weighted by Crippen LogP contribution is 2.37. The molecule has 0 bridgehead atoms. The first-order valence-corrected chi connectivity index (χ1v) is 11.7. The van der Waals surface area contributed by atoms with Crippen molar-refractivity contribution < 1.29 is 33.3 Å². The Morgan fingerprint density at radius 1 is 1.26 bits per heavy atom. The maximum atomic E-state index is 13.6. The van der Waals surface area contributed by atoms with Gasteiger partial charge in [0.1, 0.15) is 17.5 Å². The Balaban J connectivity index is 1.98. The van der Waals surface area contributed by atoms with Crippen LogP contribution in [0.2, 0.25) is 0 Å². The Bertz CT molecular complexity index is 1350. The summed E-state index contributed by atoms with van der Waals surface area (Å²) in [6.07, 6.45) is 0.212. The molecule has 0 radical (unpaired) electrons. The molecule has 0 spiro atoms. The van der Waals surface area contributed by atoms with Crippen molar-refractivity contribution in [1.82, 2.24) is 19.7 Å².